The lowest BCUT2D eigenvalue weighted by Gasteiger charge is -2.56. The van der Waals surface area contributed by atoms with Crippen molar-refractivity contribution in [3.8, 4) is 0 Å². The van der Waals surface area contributed by atoms with E-state index in [9.17, 15) is 20.2 Å². The average molecular weight is 563 g/mol. The highest BCUT2D eigenvalue weighted by Crippen LogP contribution is 2.66. The summed E-state index contributed by atoms with van der Waals surface area (Å²) in [7, 11) is 0. The number of hydrogen-bond acceptors (Lipinski definition) is 6. The summed E-state index contributed by atoms with van der Waals surface area (Å²) in [5, 5.41) is 27.1. The summed E-state index contributed by atoms with van der Waals surface area (Å²) < 4.78 is 0. The molecular formula is C33H46N4O4. The summed E-state index contributed by atoms with van der Waals surface area (Å²) in [5.41, 5.74) is 5.01. The van der Waals surface area contributed by atoms with Crippen LogP contribution in [0.4, 0.5) is 17.1 Å². The lowest BCUT2D eigenvalue weighted by Crippen LogP contribution is -2.49. The number of anilines is 1. The Kier molecular flexibility index (Phi) is 8.14. The van der Waals surface area contributed by atoms with Crippen LogP contribution in [-0.4, -0.2) is 15.6 Å². The van der Waals surface area contributed by atoms with Gasteiger partial charge >= 0.3 is 5.69 Å². The van der Waals surface area contributed by atoms with Crippen molar-refractivity contribution in [2.75, 3.05) is 5.43 Å². The maximum absolute atomic E-state index is 11.5. The quantitative estimate of drug-likeness (QED) is 0.238. The maximum Gasteiger partial charge on any atom is 0.301 e. The third kappa shape index (κ3) is 5.46. The van der Waals surface area contributed by atoms with E-state index >= 15 is 0 Å². The molecule has 8 heteroatoms. The molecule has 41 heavy (non-hydrogen) atoms. The van der Waals surface area contributed by atoms with E-state index in [1.54, 1.807) is 0 Å². The molecule has 1 aromatic rings. The van der Waals surface area contributed by atoms with Crippen molar-refractivity contribution in [1.29, 1.82) is 0 Å². The van der Waals surface area contributed by atoms with Gasteiger partial charge in [-0.15, -0.1) is 0 Å². The fraction of sp³-hybridized carbons (Fsp3) is 0.667. The standard InChI is InChI=1S/C33H46N4O4/c1-21(2)7-6-8-22(3)27-12-13-28-26-11-9-23-19-24(15-17-32(23,4)29(26)16-18-33(27,28)5)34-35-30-14-10-25(36(38)39)20-31(30)37(40)41/h9-11,14,19-22,26-29,35H,6-8,12-13,15-18H2,1-5H3/b34-24+. The van der Waals surface area contributed by atoms with Crippen LogP contribution in [0.15, 0.2) is 47.1 Å². The van der Waals surface area contributed by atoms with Gasteiger partial charge in [0.05, 0.1) is 21.6 Å². The number of hydrogen-bond donors (Lipinski definition) is 1. The van der Waals surface area contributed by atoms with Gasteiger partial charge in [-0.25, -0.2) is 0 Å². The smallest absolute Gasteiger partial charge is 0.271 e. The van der Waals surface area contributed by atoms with Crippen molar-refractivity contribution in [3.05, 3.63) is 62.2 Å². The summed E-state index contributed by atoms with van der Waals surface area (Å²) in [6, 6.07) is 3.58. The SMILES string of the molecule is CC(C)CCCC(C)C1CCC2C3C=CC4=C/C(=N/Nc5ccc([N+](=O)[O-])cc5[N+](=O)[O-])CCC4(C)C3CCC12C. The molecule has 0 heterocycles. The lowest BCUT2D eigenvalue weighted by molar-refractivity contribution is -0.393. The van der Waals surface area contributed by atoms with E-state index in [1.165, 1.54) is 62.7 Å². The van der Waals surface area contributed by atoms with Crippen LogP contribution in [0.2, 0.25) is 0 Å². The highest BCUT2D eigenvalue weighted by molar-refractivity contribution is 5.97. The fourth-order valence-electron chi connectivity index (χ4n) is 9.13. The van der Waals surface area contributed by atoms with Crippen molar-refractivity contribution in [1.82, 2.24) is 0 Å². The van der Waals surface area contributed by atoms with Crippen molar-refractivity contribution in [2.45, 2.75) is 92.4 Å². The molecule has 0 amide bonds. The van der Waals surface area contributed by atoms with E-state index in [0.717, 1.165) is 48.3 Å². The van der Waals surface area contributed by atoms with Crippen LogP contribution < -0.4 is 5.43 Å². The van der Waals surface area contributed by atoms with Crippen LogP contribution in [0, 0.1) is 66.6 Å². The molecule has 1 N–H and O–H groups in total. The van der Waals surface area contributed by atoms with Gasteiger partial charge in [0.2, 0.25) is 0 Å². The Labute approximate surface area is 244 Å². The zero-order chi connectivity index (χ0) is 29.5. The fourth-order valence-corrected chi connectivity index (χ4v) is 9.13. The Hall–Kier alpha value is -3.03. The second-order valence-corrected chi connectivity index (χ2v) is 14.1. The Bertz CT molecular complexity index is 1290. The number of fused-ring (bicyclic) bond motifs is 5. The number of non-ortho nitro benzene ring substituents is 1. The van der Waals surface area contributed by atoms with Gasteiger partial charge in [-0.05, 0) is 103 Å². The van der Waals surface area contributed by atoms with E-state index in [2.05, 4.69) is 63.4 Å². The monoisotopic (exact) mass is 562 g/mol. The molecule has 222 valence electrons. The van der Waals surface area contributed by atoms with Crippen molar-refractivity contribution < 1.29 is 9.85 Å². The summed E-state index contributed by atoms with van der Waals surface area (Å²) in [5.74, 6) is 4.44. The molecule has 7 atom stereocenters. The molecule has 5 rings (SSSR count). The highest BCUT2D eigenvalue weighted by Gasteiger charge is 2.58. The molecule has 7 unspecified atom stereocenters. The molecule has 0 aromatic heterocycles. The minimum absolute atomic E-state index is 0.111. The van der Waals surface area contributed by atoms with E-state index in [0.29, 0.717) is 17.3 Å². The van der Waals surface area contributed by atoms with Crippen LogP contribution in [0.1, 0.15) is 92.4 Å². The highest BCUT2D eigenvalue weighted by atomic mass is 16.6. The van der Waals surface area contributed by atoms with Gasteiger partial charge < -0.3 is 0 Å². The van der Waals surface area contributed by atoms with Gasteiger partial charge in [-0.2, -0.15) is 5.10 Å². The largest absolute Gasteiger partial charge is 0.301 e. The van der Waals surface area contributed by atoms with Gasteiger partial charge in [0, 0.05) is 6.07 Å². The minimum Gasteiger partial charge on any atom is -0.271 e. The third-order valence-electron chi connectivity index (χ3n) is 11.4. The molecule has 2 saturated carbocycles. The van der Waals surface area contributed by atoms with Gasteiger partial charge in [-0.3, -0.25) is 25.7 Å². The summed E-state index contributed by atoms with van der Waals surface area (Å²) >= 11 is 0. The van der Waals surface area contributed by atoms with Crippen LogP contribution >= 0.6 is 0 Å². The number of rotatable bonds is 9. The Morgan fingerprint density at radius 1 is 1.02 bits per heavy atom. The number of allylic oxidation sites excluding steroid dienone is 4. The van der Waals surface area contributed by atoms with Crippen molar-refractivity contribution in [3.63, 3.8) is 0 Å². The van der Waals surface area contributed by atoms with Gasteiger partial charge in [0.1, 0.15) is 5.69 Å². The van der Waals surface area contributed by atoms with Crippen LogP contribution in [0.3, 0.4) is 0 Å². The van der Waals surface area contributed by atoms with Gasteiger partial charge in [0.15, 0.2) is 0 Å². The van der Waals surface area contributed by atoms with Crippen LogP contribution in [0.5, 0.6) is 0 Å². The van der Waals surface area contributed by atoms with E-state index < -0.39 is 9.85 Å². The molecule has 1 aromatic carbocycles. The normalized spacial score (nSPS) is 34.0. The number of hydrazone groups is 1. The summed E-state index contributed by atoms with van der Waals surface area (Å²) in [4.78, 5) is 21.3. The first kappa shape index (κ1) is 29.5. The molecule has 0 bridgehead atoms. The van der Waals surface area contributed by atoms with Crippen LogP contribution in [-0.2, 0) is 0 Å². The number of nitrogens with one attached hydrogen (secondary N) is 1. The molecule has 4 aliphatic rings. The zero-order valence-corrected chi connectivity index (χ0v) is 25.3. The summed E-state index contributed by atoms with van der Waals surface area (Å²) in [6.45, 7) is 12.2. The predicted molar refractivity (Wildman–Crippen MR) is 164 cm³/mol. The number of nitro benzene ring substituents is 2. The molecule has 0 aliphatic heterocycles. The second kappa shape index (κ2) is 11.3. The lowest BCUT2D eigenvalue weighted by atomic mass is 9.48. The topological polar surface area (TPSA) is 111 Å². The van der Waals surface area contributed by atoms with Gasteiger partial charge in [-0.1, -0.05) is 66.0 Å². The van der Waals surface area contributed by atoms with Gasteiger partial charge in [0.25, 0.3) is 5.69 Å². The molecule has 8 nitrogen and oxygen atoms in total. The Morgan fingerprint density at radius 2 is 1.80 bits per heavy atom. The maximum atomic E-state index is 11.5. The average Bonchev–Trinajstić information content (AvgIpc) is 3.28. The molecule has 0 radical (unpaired) electrons. The molecule has 0 spiro atoms. The number of nitro groups is 2. The zero-order valence-electron chi connectivity index (χ0n) is 25.3. The molecule has 4 aliphatic carbocycles. The number of nitrogens with zero attached hydrogens (tertiary/aromatic N) is 3. The summed E-state index contributed by atoms with van der Waals surface area (Å²) in [6.07, 6.45) is 18.2. The van der Waals surface area contributed by atoms with E-state index in [-0.39, 0.29) is 22.5 Å². The molecule has 2 fully saturated rings. The van der Waals surface area contributed by atoms with Crippen molar-refractivity contribution in [2.24, 2.45) is 51.4 Å². The minimum atomic E-state index is -0.633. The third-order valence-corrected chi connectivity index (χ3v) is 11.4. The van der Waals surface area contributed by atoms with E-state index in [4.69, 9.17) is 0 Å². The molecule has 0 saturated heterocycles. The number of benzene rings is 1. The van der Waals surface area contributed by atoms with E-state index in [1.807, 2.05) is 0 Å². The first-order chi connectivity index (χ1) is 19.4. The predicted octanol–water partition coefficient (Wildman–Crippen LogP) is 9.09. The first-order valence-corrected chi connectivity index (χ1v) is 15.6. The molecular weight excluding hydrogens is 516 g/mol. The second-order valence-electron chi connectivity index (χ2n) is 14.1. The van der Waals surface area contributed by atoms with Crippen LogP contribution in [0.25, 0.3) is 0 Å². The Morgan fingerprint density at radius 3 is 2.51 bits per heavy atom. The first-order valence-electron chi connectivity index (χ1n) is 15.6. The Balaban J connectivity index is 1.32. The van der Waals surface area contributed by atoms with Crippen molar-refractivity contribution >= 4 is 22.8 Å².